The van der Waals surface area contributed by atoms with Crippen LogP contribution >= 0.6 is 0 Å². The third-order valence-electron chi connectivity index (χ3n) is 4.81. The number of carboxylic acid groups (broad SMARTS) is 1. The molecule has 0 heterocycles. The fourth-order valence-electron chi connectivity index (χ4n) is 3.33. The van der Waals surface area contributed by atoms with Gasteiger partial charge in [-0.1, -0.05) is 19.3 Å². The van der Waals surface area contributed by atoms with Gasteiger partial charge in [0, 0.05) is 12.5 Å². The molecule has 0 aromatic rings. The summed E-state index contributed by atoms with van der Waals surface area (Å²) in [7, 11) is 0. The summed E-state index contributed by atoms with van der Waals surface area (Å²) < 4.78 is 0. The van der Waals surface area contributed by atoms with Gasteiger partial charge in [-0.25, -0.2) is 0 Å². The van der Waals surface area contributed by atoms with Gasteiger partial charge < -0.3 is 16.2 Å². The zero-order valence-electron chi connectivity index (χ0n) is 11.4. The molecule has 5 heteroatoms. The third kappa shape index (κ3) is 3.26. The molecule has 0 aromatic carbocycles. The predicted octanol–water partition coefficient (Wildman–Crippen LogP) is 1.27. The third-order valence-corrected chi connectivity index (χ3v) is 4.81. The first kappa shape index (κ1) is 14.3. The van der Waals surface area contributed by atoms with Crippen LogP contribution in [0.2, 0.25) is 0 Å². The van der Waals surface area contributed by atoms with Gasteiger partial charge >= 0.3 is 5.97 Å². The van der Waals surface area contributed by atoms with Crippen molar-refractivity contribution < 1.29 is 14.7 Å². The fraction of sp³-hybridized carbons (Fsp3) is 0.857. The van der Waals surface area contributed by atoms with Crippen molar-refractivity contribution in [3.8, 4) is 0 Å². The molecule has 19 heavy (non-hydrogen) atoms. The summed E-state index contributed by atoms with van der Waals surface area (Å²) in [5.74, 6) is -1.24. The molecule has 0 spiro atoms. The molecule has 0 aromatic heterocycles. The van der Waals surface area contributed by atoms with E-state index in [0.717, 1.165) is 38.5 Å². The molecule has 0 bridgehead atoms. The van der Waals surface area contributed by atoms with Crippen LogP contribution in [0.25, 0.3) is 0 Å². The highest BCUT2D eigenvalue weighted by Crippen LogP contribution is 2.42. The molecule has 2 aliphatic rings. The summed E-state index contributed by atoms with van der Waals surface area (Å²) in [6.07, 6.45) is 7.01. The van der Waals surface area contributed by atoms with E-state index in [2.05, 4.69) is 5.32 Å². The van der Waals surface area contributed by atoms with Crippen LogP contribution in [-0.4, -0.2) is 29.6 Å². The van der Waals surface area contributed by atoms with Crippen LogP contribution in [0.5, 0.6) is 0 Å². The monoisotopic (exact) mass is 268 g/mol. The van der Waals surface area contributed by atoms with E-state index in [4.69, 9.17) is 5.73 Å². The first-order chi connectivity index (χ1) is 9.06. The lowest BCUT2D eigenvalue weighted by Crippen LogP contribution is -2.48. The lowest BCUT2D eigenvalue weighted by Gasteiger charge is -2.41. The van der Waals surface area contributed by atoms with E-state index in [9.17, 15) is 14.7 Å². The van der Waals surface area contributed by atoms with Gasteiger partial charge in [0.2, 0.25) is 5.91 Å². The molecule has 1 amide bonds. The Labute approximate surface area is 113 Å². The highest BCUT2D eigenvalue weighted by Gasteiger charge is 2.39. The highest BCUT2D eigenvalue weighted by atomic mass is 16.4. The van der Waals surface area contributed by atoms with Crippen molar-refractivity contribution in [2.24, 2.45) is 17.1 Å². The van der Waals surface area contributed by atoms with Crippen LogP contribution in [0.4, 0.5) is 0 Å². The Bertz CT molecular complexity index is 347. The fourth-order valence-corrected chi connectivity index (χ4v) is 3.33. The van der Waals surface area contributed by atoms with Crippen LogP contribution < -0.4 is 11.1 Å². The van der Waals surface area contributed by atoms with E-state index in [1.54, 1.807) is 0 Å². The normalized spacial score (nSPS) is 29.3. The molecule has 2 rings (SSSR count). The smallest absolute Gasteiger partial charge is 0.308 e. The highest BCUT2D eigenvalue weighted by molar-refractivity contribution is 5.79. The summed E-state index contributed by atoms with van der Waals surface area (Å²) >= 11 is 0. The number of nitrogens with two attached hydrogens (primary N) is 1. The largest absolute Gasteiger partial charge is 0.481 e. The molecule has 2 saturated carbocycles. The van der Waals surface area contributed by atoms with Crippen molar-refractivity contribution in [1.29, 1.82) is 0 Å². The lowest BCUT2D eigenvalue weighted by molar-refractivity contribution is -0.144. The number of hydrogen-bond donors (Lipinski definition) is 3. The molecular formula is C14H24N2O3. The zero-order chi connectivity index (χ0) is 13.9. The molecule has 5 nitrogen and oxygen atoms in total. The maximum absolute atomic E-state index is 12.1. The molecule has 2 unspecified atom stereocenters. The van der Waals surface area contributed by atoms with Gasteiger partial charge in [0.15, 0.2) is 0 Å². The van der Waals surface area contributed by atoms with Gasteiger partial charge in [-0.2, -0.15) is 0 Å². The average Bonchev–Trinajstić information content (AvgIpc) is 2.34. The standard InChI is InChI=1S/C14H24N2O3/c15-9-14(6-3-7-14)8-12(17)16-11-5-2-1-4-10(11)13(18)19/h10-11H,1-9,15H2,(H,16,17)(H,18,19). The van der Waals surface area contributed by atoms with Crippen molar-refractivity contribution >= 4 is 11.9 Å². The number of nitrogens with one attached hydrogen (secondary N) is 1. The minimum atomic E-state index is -0.790. The minimum Gasteiger partial charge on any atom is -0.481 e. The summed E-state index contributed by atoms with van der Waals surface area (Å²) in [5, 5.41) is 12.1. The second-order valence-corrected chi connectivity index (χ2v) is 6.14. The quantitative estimate of drug-likeness (QED) is 0.700. The van der Waals surface area contributed by atoms with Gasteiger partial charge in [-0.3, -0.25) is 9.59 Å². The van der Waals surface area contributed by atoms with Gasteiger partial charge in [0.1, 0.15) is 0 Å². The molecule has 2 atom stereocenters. The molecule has 4 N–H and O–H groups in total. The Morgan fingerprint density at radius 1 is 1.21 bits per heavy atom. The van der Waals surface area contributed by atoms with Crippen molar-refractivity contribution in [2.45, 2.75) is 57.4 Å². The van der Waals surface area contributed by atoms with E-state index in [1.807, 2.05) is 0 Å². The number of hydrogen-bond acceptors (Lipinski definition) is 3. The topological polar surface area (TPSA) is 92.4 Å². The molecule has 0 aliphatic heterocycles. The Morgan fingerprint density at radius 3 is 2.42 bits per heavy atom. The number of rotatable bonds is 5. The Morgan fingerprint density at radius 2 is 1.89 bits per heavy atom. The van der Waals surface area contributed by atoms with Gasteiger partial charge in [0.05, 0.1) is 5.92 Å². The lowest BCUT2D eigenvalue weighted by atomic mass is 9.66. The van der Waals surface area contributed by atoms with Crippen LogP contribution in [-0.2, 0) is 9.59 Å². The number of aliphatic carboxylic acids is 1. The first-order valence-corrected chi connectivity index (χ1v) is 7.29. The Balaban J connectivity index is 1.88. The SMILES string of the molecule is NCC1(CC(=O)NC2CCCCC2C(=O)O)CCC1. The molecule has 0 radical (unpaired) electrons. The summed E-state index contributed by atoms with van der Waals surface area (Å²) in [6, 6.07) is -0.200. The van der Waals surface area contributed by atoms with E-state index in [0.29, 0.717) is 19.4 Å². The minimum absolute atomic E-state index is 0.0164. The van der Waals surface area contributed by atoms with Crippen molar-refractivity contribution in [2.75, 3.05) is 6.54 Å². The van der Waals surface area contributed by atoms with Crippen LogP contribution in [0, 0.1) is 11.3 Å². The zero-order valence-corrected chi connectivity index (χ0v) is 11.4. The van der Waals surface area contributed by atoms with E-state index in [1.165, 1.54) is 0 Å². The number of amides is 1. The Hall–Kier alpha value is -1.10. The second kappa shape index (κ2) is 5.90. The van der Waals surface area contributed by atoms with E-state index < -0.39 is 11.9 Å². The molecule has 2 fully saturated rings. The summed E-state index contributed by atoms with van der Waals surface area (Å²) in [4.78, 5) is 23.3. The number of carboxylic acids is 1. The molecule has 108 valence electrons. The van der Waals surface area contributed by atoms with Gasteiger partial charge in [-0.05, 0) is 37.6 Å². The van der Waals surface area contributed by atoms with Crippen LogP contribution in [0.3, 0.4) is 0 Å². The van der Waals surface area contributed by atoms with Crippen LogP contribution in [0.15, 0.2) is 0 Å². The second-order valence-electron chi connectivity index (χ2n) is 6.14. The van der Waals surface area contributed by atoms with Crippen molar-refractivity contribution in [1.82, 2.24) is 5.32 Å². The van der Waals surface area contributed by atoms with Gasteiger partial charge in [-0.15, -0.1) is 0 Å². The maximum Gasteiger partial charge on any atom is 0.308 e. The first-order valence-electron chi connectivity index (χ1n) is 7.29. The van der Waals surface area contributed by atoms with Gasteiger partial charge in [0.25, 0.3) is 0 Å². The average molecular weight is 268 g/mol. The van der Waals surface area contributed by atoms with Crippen molar-refractivity contribution in [3.63, 3.8) is 0 Å². The summed E-state index contributed by atoms with van der Waals surface area (Å²) in [5.41, 5.74) is 5.74. The number of carbonyl (C=O) groups is 2. The number of carbonyl (C=O) groups excluding carboxylic acids is 1. The Kier molecular flexibility index (Phi) is 4.45. The molecule has 0 saturated heterocycles. The predicted molar refractivity (Wildman–Crippen MR) is 71.5 cm³/mol. The molecule has 2 aliphatic carbocycles. The van der Waals surface area contributed by atoms with E-state index in [-0.39, 0.29) is 17.4 Å². The molecular weight excluding hydrogens is 244 g/mol. The van der Waals surface area contributed by atoms with E-state index >= 15 is 0 Å². The maximum atomic E-state index is 12.1. The summed E-state index contributed by atoms with van der Waals surface area (Å²) in [6.45, 7) is 0.549. The van der Waals surface area contributed by atoms with Crippen molar-refractivity contribution in [3.05, 3.63) is 0 Å². The van der Waals surface area contributed by atoms with Crippen LogP contribution in [0.1, 0.15) is 51.4 Å².